The number of para-hydroxylation sites is 1. The van der Waals surface area contributed by atoms with Gasteiger partial charge in [0, 0.05) is 19.6 Å². The van der Waals surface area contributed by atoms with Crippen molar-refractivity contribution in [1.82, 2.24) is 15.1 Å². The average molecular weight is 381 g/mol. The Kier molecular flexibility index (Phi) is 6.66. The zero-order valence-electron chi connectivity index (χ0n) is 16.4. The van der Waals surface area contributed by atoms with Crippen molar-refractivity contribution in [3.05, 3.63) is 66.2 Å². The number of carbonyl (C=O) groups excluding carboxylic acids is 2. The molecule has 2 aromatic carbocycles. The van der Waals surface area contributed by atoms with E-state index in [1.807, 2.05) is 53.4 Å². The molecule has 28 heavy (non-hydrogen) atoms. The lowest BCUT2D eigenvalue weighted by molar-refractivity contribution is -0.140. The maximum absolute atomic E-state index is 13.1. The Morgan fingerprint density at radius 2 is 1.71 bits per heavy atom. The maximum atomic E-state index is 13.1. The molecular weight excluding hydrogens is 354 g/mol. The topological polar surface area (TPSA) is 61.9 Å². The highest BCUT2D eigenvalue weighted by Gasteiger charge is 2.32. The highest BCUT2D eigenvalue weighted by molar-refractivity contribution is 5.88. The molecule has 6 nitrogen and oxygen atoms in total. The van der Waals surface area contributed by atoms with Gasteiger partial charge in [0.2, 0.25) is 5.91 Å². The van der Waals surface area contributed by atoms with E-state index in [0.29, 0.717) is 12.3 Å². The average Bonchev–Trinajstić information content (AvgIpc) is 2.73. The molecule has 0 aromatic heterocycles. The zero-order chi connectivity index (χ0) is 19.9. The van der Waals surface area contributed by atoms with Gasteiger partial charge in [-0.1, -0.05) is 48.5 Å². The van der Waals surface area contributed by atoms with E-state index in [1.54, 1.807) is 19.1 Å². The first-order chi connectivity index (χ1) is 13.5. The van der Waals surface area contributed by atoms with Crippen molar-refractivity contribution >= 4 is 11.8 Å². The Morgan fingerprint density at radius 1 is 1.07 bits per heavy atom. The van der Waals surface area contributed by atoms with E-state index < -0.39 is 6.04 Å². The minimum Gasteiger partial charge on any atom is -0.484 e. The second-order valence-electron chi connectivity index (χ2n) is 7.11. The Balaban J connectivity index is 1.60. The lowest BCUT2D eigenvalue weighted by Crippen LogP contribution is -2.55. The number of likely N-dealkylation sites (N-methyl/N-ethyl adjacent to an activating group) is 1. The van der Waals surface area contributed by atoms with Gasteiger partial charge in [0.15, 0.2) is 6.61 Å². The van der Waals surface area contributed by atoms with Gasteiger partial charge in [-0.3, -0.25) is 9.59 Å². The first-order valence-corrected chi connectivity index (χ1v) is 9.56. The number of nitrogens with one attached hydrogen (secondary N) is 1. The van der Waals surface area contributed by atoms with Gasteiger partial charge in [-0.05, 0) is 31.7 Å². The van der Waals surface area contributed by atoms with Crippen LogP contribution in [0, 0.1) is 0 Å². The van der Waals surface area contributed by atoms with E-state index in [9.17, 15) is 9.59 Å². The van der Waals surface area contributed by atoms with Crippen LogP contribution in [0.3, 0.4) is 0 Å². The summed E-state index contributed by atoms with van der Waals surface area (Å²) < 4.78 is 5.45. The third kappa shape index (κ3) is 5.10. The number of amides is 2. The Hall–Kier alpha value is -2.86. The predicted molar refractivity (Wildman–Crippen MR) is 108 cm³/mol. The number of benzene rings is 2. The molecule has 0 spiro atoms. The smallest absolute Gasteiger partial charge is 0.258 e. The molecule has 148 valence electrons. The first-order valence-electron chi connectivity index (χ1n) is 9.56. The van der Waals surface area contributed by atoms with Crippen LogP contribution in [0.5, 0.6) is 5.75 Å². The summed E-state index contributed by atoms with van der Waals surface area (Å²) in [6, 6.07) is 18.5. The predicted octanol–water partition coefficient (Wildman–Crippen LogP) is 2.09. The van der Waals surface area contributed by atoms with Crippen molar-refractivity contribution < 1.29 is 14.3 Å². The van der Waals surface area contributed by atoms with Gasteiger partial charge in [-0.2, -0.15) is 0 Å². The molecule has 1 saturated heterocycles. The lowest BCUT2D eigenvalue weighted by Gasteiger charge is -2.41. The highest BCUT2D eigenvalue weighted by atomic mass is 16.5. The highest BCUT2D eigenvalue weighted by Crippen LogP contribution is 2.25. The molecule has 3 rings (SSSR count). The largest absolute Gasteiger partial charge is 0.484 e. The van der Waals surface area contributed by atoms with Crippen molar-refractivity contribution in [2.45, 2.75) is 19.0 Å². The number of piperazine rings is 1. The van der Waals surface area contributed by atoms with Gasteiger partial charge >= 0.3 is 0 Å². The van der Waals surface area contributed by atoms with Crippen LogP contribution in [0.4, 0.5) is 0 Å². The molecule has 0 saturated carbocycles. The molecule has 2 amide bonds. The molecule has 1 aliphatic rings. The standard InChI is InChI=1S/C22H27N3O3/c1-17(23-21(26)16-28-19-11-7-4-8-12-19)22(27)25-14-13-24(2)15-20(25)18-9-5-3-6-10-18/h3-12,17,20H,13-16H2,1-2H3,(H,23,26)/t17-,20-/m1/s1. The fourth-order valence-corrected chi connectivity index (χ4v) is 3.40. The van der Waals surface area contributed by atoms with Crippen LogP contribution in [0.25, 0.3) is 0 Å². The van der Waals surface area contributed by atoms with Crippen molar-refractivity contribution in [1.29, 1.82) is 0 Å². The third-order valence-electron chi connectivity index (χ3n) is 4.91. The van der Waals surface area contributed by atoms with E-state index in [-0.39, 0.29) is 24.5 Å². The lowest BCUT2D eigenvalue weighted by atomic mass is 10.0. The van der Waals surface area contributed by atoms with Crippen molar-refractivity contribution in [2.24, 2.45) is 0 Å². The number of rotatable bonds is 6. The summed E-state index contributed by atoms with van der Waals surface area (Å²) >= 11 is 0. The molecule has 6 heteroatoms. The maximum Gasteiger partial charge on any atom is 0.258 e. The Morgan fingerprint density at radius 3 is 2.39 bits per heavy atom. The summed E-state index contributed by atoms with van der Waals surface area (Å²) in [5.41, 5.74) is 1.10. The van der Waals surface area contributed by atoms with E-state index >= 15 is 0 Å². The van der Waals surface area contributed by atoms with Crippen LogP contribution in [0.2, 0.25) is 0 Å². The van der Waals surface area contributed by atoms with Gasteiger partial charge in [0.25, 0.3) is 5.91 Å². The number of nitrogens with zero attached hydrogens (tertiary/aromatic N) is 2. The quantitative estimate of drug-likeness (QED) is 0.832. The second kappa shape index (κ2) is 9.37. The summed E-state index contributed by atoms with van der Waals surface area (Å²) in [5.74, 6) is 0.241. The summed E-state index contributed by atoms with van der Waals surface area (Å²) in [7, 11) is 2.06. The third-order valence-corrected chi connectivity index (χ3v) is 4.91. The fourth-order valence-electron chi connectivity index (χ4n) is 3.40. The van der Waals surface area contributed by atoms with E-state index in [2.05, 4.69) is 17.3 Å². The number of hydrogen-bond acceptors (Lipinski definition) is 4. The van der Waals surface area contributed by atoms with E-state index in [1.165, 1.54) is 0 Å². The molecule has 2 aromatic rings. The van der Waals surface area contributed by atoms with Crippen LogP contribution < -0.4 is 10.1 Å². The van der Waals surface area contributed by atoms with Crippen LogP contribution >= 0.6 is 0 Å². The molecule has 0 unspecified atom stereocenters. The van der Waals surface area contributed by atoms with E-state index in [4.69, 9.17) is 4.74 Å². The summed E-state index contributed by atoms with van der Waals surface area (Å²) in [5, 5.41) is 2.76. The molecule has 0 aliphatic carbocycles. The van der Waals surface area contributed by atoms with Crippen molar-refractivity contribution in [2.75, 3.05) is 33.3 Å². The molecule has 1 heterocycles. The number of ether oxygens (including phenoxy) is 1. The van der Waals surface area contributed by atoms with Gasteiger partial charge in [0.05, 0.1) is 6.04 Å². The monoisotopic (exact) mass is 381 g/mol. The zero-order valence-corrected chi connectivity index (χ0v) is 16.4. The van der Waals surface area contributed by atoms with Gasteiger partial charge in [-0.25, -0.2) is 0 Å². The molecule has 0 bridgehead atoms. The molecule has 0 radical (unpaired) electrons. The SMILES string of the molecule is C[C@@H](NC(=O)COc1ccccc1)C(=O)N1CCN(C)C[C@@H]1c1ccccc1. The van der Waals surface area contributed by atoms with Gasteiger partial charge in [0.1, 0.15) is 11.8 Å². The first kappa shape index (κ1) is 19.9. The molecule has 1 fully saturated rings. The van der Waals surface area contributed by atoms with Gasteiger partial charge in [-0.15, -0.1) is 0 Å². The van der Waals surface area contributed by atoms with Gasteiger partial charge < -0.3 is 19.9 Å². The molecule has 1 N–H and O–H groups in total. The summed E-state index contributed by atoms with van der Waals surface area (Å²) in [4.78, 5) is 29.3. The normalized spacial score (nSPS) is 18.4. The second-order valence-corrected chi connectivity index (χ2v) is 7.11. The summed E-state index contributed by atoms with van der Waals surface area (Å²) in [6.45, 7) is 3.83. The minimum atomic E-state index is -0.610. The Labute approximate surface area is 166 Å². The molecular formula is C22H27N3O3. The summed E-state index contributed by atoms with van der Waals surface area (Å²) in [6.07, 6.45) is 0. The van der Waals surface area contributed by atoms with Crippen LogP contribution in [0.1, 0.15) is 18.5 Å². The van der Waals surface area contributed by atoms with E-state index in [0.717, 1.165) is 18.7 Å². The molecule has 1 aliphatic heterocycles. The number of hydrogen-bond donors (Lipinski definition) is 1. The van der Waals surface area contributed by atoms with Crippen LogP contribution in [-0.2, 0) is 9.59 Å². The van der Waals surface area contributed by atoms with Crippen molar-refractivity contribution in [3.8, 4) is 5.75 Å². The van der Waals surface area contributed by atoms with Crippen LogP contribution in [-0.4, -0.2) is 60.9 Å². The fraction of sp³-hybridized carbons (Fsp3) is 0.364. The number of carbonyl (C=O) groups is 2. The van der Waals surface area contributed by atoms with Crippen LogP contribution in [0.15, 0.2) is 60.7 Å². The minimum absolute atomic E-state index is 0.0210. The molecule has 2 atom stereocenters. The Bertz CT molecular complexity index is 782. The van der Waals surface area contributed by atoms with Crippen molar-refractivity contribution in [3.63, 3.8) is 0 Å².